The van der Waals surface area contributed by atoms with E-state index in [2.05, 4.69) is 16.6 Å². The van der Waals surface area contributed by atoms with Gasteiger partial charge in [0.1, 0.15) is 5.82 Å². The van der Waals surface area contributed by atoms with Gasteiger partial charge in [0.2, 0.25) is 10.0 Å². The van der Waals surface area contributed by atoms with E-state index in [0.717, 1.165) is 12.1 Å². The summed E-state index contributed by atoms with van der Waals surface area (Å²) < 4.78 is 45.0. The SMILES string of the molecule is COCC(C)NS(=O)(=O)c1ccc(F)cc1C#CCN. The van der Waals surface area contributed by atoms with E-state index in [1.165, 1.54) is 13.2 Å². The molecule has 0 spiro atoms. The van der Waals surface area contributed by atoms with E-state index in [0.29, 0.717) is 0 Å². The highest BCUT2D eigenvalue weighted by atomic mass is 32.2. The fraction of sp³-hybridized carbons (Fsp3) is 0.385. The second-order valence-corrected chi connectivity index (χ2v) is 5.81. The first-order chi connectivity index (χ1) is 9.40. The van der Waals surface area contributed by atoms with Crippen LogP contribution in [0.25, 0.3) is 0 Å². The van der Waals surface area contributed by atoms with Gasteiger partial charge >= 0.3 is 0 Å². The van der Waals surface area contributed by atoms with Gasteiger partial charge in [-0.15, -0.1) is 0 Å². The molecule has 0 saturated carbocycles. The molecule has 20 heavy (non-hydrogen) atoms. The molecule has 110 valence electrons. The van der Waals surface area contributed by atoms with Crippen LogP contribution in [0.5, 0.6) is 0 Å². The molecule has 0 aliphatic rings. The van der Waals surface area contributed by atoms with Gasteiger partial charge in [-0.05, 0) is 25.1 Å². The first-order valence-electron chi connectivity index (χ1n) is 5.90. The summed E-state index contributed by atoms with van der Waals surface area (Å²) in [6, 6.07) is 2.91. The molecule has 1 rings (SSSR count). The number of methoxy groups -OCH3 is 1. The summed E-state index contributed by atoms with van der Waals surface area (Å²) in [6.45, 7) is 1.95. The Morgan fingerprint density at radius 2 is 2.20 bits per heavy atom. The molecule has 0 bridgehead atoms. The average molecular weight is 300 g/mol. The molecule has 1 aromatic carbocycles. The van der Waals surface area contributed by atoms with Crippen molar-refractivity contribution in [3.05, 3.63) is 29.6 Å². The Bertz CT molecular complexity index is 620. The third-order valence-corrected chi connectivity index (χ3v) is 3.98. The second-order valence-electron chi connectivity index (χ2n) is 4.12. The average Bonchev–Trinajstić information content (AvgIpc) is 2.35. The fourth-order valence-electron chi connectivity index (χ4n) is 1.59. The lowest BCUT2D eigenvalue weighted by molar-refractivity contribution is 0.180. The van der Waals surface area contributed by atoms with Gasteiger partial charge in [0.15, 0.2) is 0 Å². The number of halogens is 1. The number of benzene rings is 1. The molecule has 0 aliphatic heterocycles. The van der Waals surface area contributed by atoms with Crippen LogP contribution >= 0.6 is 0 Å². The minimum absolute atomic E-state index is 0.0590. The second kappa shape index (κ2) is 7.36. The minimum atomic E-state index is -3.80. The lowest BCUT2D eigenvalue weighted by Gasteiger charge is -2.14. The number of rotatable bonds is 5. The Morgan fingerprint density at radius 3 is 2.80 bits per heavy atom. The van der Waals surface area contributed by atoms with Crippen LogP contribution in [0.15, 0.2) is 23.1 Å². The van der Waals surface area contributed by atoms with Crippen molar-refractivity contribution < 1.29 is 17.5 Å². The van der Waals surface area contributed by atoms with Crippen LogP contribution < -0.4 is 10.5 Å². The van der Waals surface area contributed by atoms with Crippen LogP contribution in [0.2, 0.25) is 0 Å². The first kappa shape index (κ1) is 16.6. The normalized spacial score (nSPS) is 12.6. The van der Waals surface area contributed by atoms with Crippen molar-refractivity contribution in [1.29, 1.82) is 0 Å². The van der Waals surface area contributed by atoms with Crippen LogP contribution in [0, 0.1) is 17.7 Å². The highest BCUT2D eigenvalue weighted by Crippen LogP contribution is 2.16. The maximum atomic E-state index is 13.2. The Hall–Kier alpha value is -1.46. The van der Waals surface area contributed by atoms with Crippen molar-refractivity contribution in [1.82, 2.24) is 4.72 Å². The van der Waals surface area contributed by atoms with Crippen LogP contribution in [0.4, 0.5) is 4.39 Å². The van der Waals surface area contributed by atoms with Gasteiger partial charge in [-0.2, -0.15) is 0 Å². The van der Waals surface area contributed by atoms with Crippen LogP contribution in [-0.4, -0.2) is 34.7 Å². The molecule has 1 atom stereocenters. The first-order valence-corrected chi connectivity index (χ1v) is 7.38. The number of nitrogens with one attached hydrogen (secondary N) is 1. The predicted molar refractivity (Wildman–Crippen MR) is 74.0 cm³/mol. The van der Waals surface area contributed by atoms with Gasteiger partial charge in [-0.3, -0.25) is 0 Å². The van der Waals surface area contributed by atoms with Crippen LogP contribution in [0.1, 0.15) is 12.5 Å². The van der Waals surface area contributed by atoms with Gasteiger partial charge in [0, 0.05) is 18.7 Å². The lowest BCUT2D eigenvalue weighted by atomic mass is 10.2. The summed E-state index contributed by atoms with van der Waals surface area (Å²) in [7, 11) is -2.33. The zero-order valence-electron chi connectivity index (χ0n) is 11.3. The molecule has 0 aliphatic carbocycles. The molecular weight excluding hydrogens is 283 g/mol. The Morgan fingerprint density at radius 1 is 1.50 bits per heavy atom. The zero-order chi connectivity index (χ0) is 15.2. The van der Waals surface area contributed by atoms with Crippen molar-refractivity contribution in [2.75, 3.05) is 20.3 Å². The van der Waals surface area contributed by atoms with Gasteiger partial charge in [0.25, 0.3) is 0 Å². The lowest BCUT2D eigenvalue weighted by Crippen LogP contribution is -2.35. The minimum Gasteiger partial charge on any atom is -0.383 e. The molecule has 1 unspecified atom stereocenters. The Balaban J connectivity index is 3.17. The van der Waals surface area contributed by atoms with E-state index >= 15 is 0 Å². The molecule has 1 aromatic rings. The van der Waals surface area contributed by atoms with Crippen LogP contribution in [-0.2, 0) is 14.8 Å². The summed E-state index contributed by atoms with van der Waals surface area (Å²) in [5.41, 5.74) is 5.32. The number of sulfonamides is 1. The number of hydrogen-bond acceptors (Lipinski definition) is 4. The highest BCUT2D eigenvalue weighted by Gasteiger charge is 2.20. The van der Waals surface area contributed by atoms with Crippen molar-refractivity contribution in [2.45, 2.75) is 17.9 Å². The fourth-order valence-corrected chi connectivity index (χ4v) is 2.96. The number of ether oxygens (including phenoxy) is 1. The highest BCUT2D eigenvalue weighted by molar-refractivity contribution is 7.89. The zero-order valence-corrected chi connectivity index (χ0v) is 12.1. The largest absolute Gasteiger partial charge is 0.383 e. The molecule has 7 heteroatoms. The van der Waals surface area contributed by atoms with Crippen molar-refractivity contribution in [2.24, 2.45) is 5.73 Å². The molecule has 0 radical (unpaired) electrons. The quantitative estimate of drug-likeness (QED) is 0.774. The Kier molecular flexibility index (Phi) is 6.10. The van der Waals surface area contributed by atoms with E-state index in [1.54, 1.807) is 6.92 Å². The smallest absolute Gasteiger partial charge is 0.242 e. The van der Waals surface area contributed by atoms with Gasteiger partial charge < -0.3 is 10.5 Å². The van der Waals surface area contributed by atoms with E-state index in [-0.39, 0.29) is 23.6 Å². The predicted octanol–water partition coefficient (Wildman–Crippen LogP) is 0.449. The van der Waals surface area contributed by atoms with Crippen LogP contribution in [0.3, 0.4) is 0 Å². The third kappa shape index (κ3) is 4.58. The van der Waals surface area contributed by atoms with Crippen molar-refractivity contribution in [3.8, 4) is 11.8 Å². The van der Waals surface area contributed by atoms with Crippen molar-refractivity contribution >= 4 is 10.0 Å². The van der Waals surface area contributed by atoms with Crippen molar-refractivity contribution in [3.63, 3.8) is 0 Å². The summed E-state index contributed by atoms with van der Waals surface area (Å²) in [5.74, 6) is 4.52. The molecule has 0 fully saturated rings. The third-order valence-electron chi connectivity index (χ3n) is 2.33. The van der Waals surface area contributed by atoms with E-state index < -0.39 is 21.9 Å². The number of nitrogens with two attached hydrogens (primary N) is 1. The molecule has 0 saturated heterocycles. The van der Waals surface area contributed by atoms with E-state index in [4.69, 9.17) is 10.5 Å². The van der Waals surface area contributed by atoms with Gasteiger partial charge in [-0.1, -0.05) is 11.8 Å². The molecule has 0 amide bonds. The maximum Gasteiger partial charge on any atom is 0.242 e. The number of hydrogen-bond donors (Lipinski definition) is 2. The van der Waals surface area contributed by atoms with E-state index in [1.807, 2.05) is 0 Å². The summed E-state index contributed by atoms with van der Waals surface area (Å²) in [5, 5.41) is 0. The monoisotopic (exact) mass is 300 g/mol. The van der Waals surface area contributed by atoms with Gasteiger partial charge in [0.05, 0.1) is 18.0 Å². The van der Waals surface area contributed by atoms with E-state index in [9.17, 15) is 12.8 Å². The Labute approximate surface area is 118 Å². The van der Waals surface area contributed by atoms with Gasteiger partial charge in [-0.25, -0.2) is 17.5 Å². The summed E-state index contributed by atoms with van der Waals surface area (Å²) in [6.07, 6.45) is 0. The summed E-state index contributed by atoms with van der Waals surface area (Å²) in [4.78, 5) is -0.0807. The molecule has 5 nitrogen and oxygen atoms in total. The molecule has 0 aromatic heterocycles. The standard InChI is InChI=1S/C13H17FN2O3S/c1-10(9-19-2)16-20(17,18)13-6-5-12(14)8-11(13)4-3-7-15/h5-6,8,10,16H,7,9,15H2,1-2H3. The summed E-state index contributed by atoms with van der Waals surface area (Å²) >= 11 is 0. The topological polar surface area (TPSA) is 81.4 Å². The molecular formula is C13H17FN2O3S. The maximum absolute atomic E-state index is 13.2. The molecule has 3 N–H and O–H groups in total. The molecule has 0 heterocycles.